The molecule has 0 aromatic rings. The lowest BCUT2D eigenvalue weighted by Gasteiger charge is -2.59. The summed E-state index contributed by atoms with van der Waals surface area (Å²) in [5, 5.41) is 3.35. The van der Waals surface area contributed by atoms with Gasteiger partial charge in [0.25, 0.3) is 0 Å². The number of hydrogen-bond acceptors (Lipinski definition) is 4. The first-order valence-corrected chi connectivity index (χ1v) is 11.5. The maximum absolute atomic E-state index is 12.6. The maximum atomic E-state index is 12.6. The summed E-state index contributed by atoms with van der Waals surface area (Å²) in [5.74, 6) is 2.93. The average Bonchev–Trinajstić information content (AvgIpc) is 3.29. The number of Topliss-reactive ketones (excluding diaryl/α,β-unsaturated/α-hetero) is 1. The zero-order valence-electron chi connectivity index (χ0n) is 17.6. The van der Waals surface area contributed by atoms with Crippen molar-refractivity contribution in [1.29, 1.82) is 0 Å². The van der Waals surface area contributed by atoms with Gasteiger partial charge in [0.1, 0.15) is 5.78 Å². The van der Waals surface area contributed by atoms with E-state index in [1.54, 1.807) is 0 Å². The molecule has 4 fully saturated rings. The highest BCUT2D eigenvalue weighted by Crippen LogP contribution is 2.65. The molecule has 4 nitrogen and oxygen atoms in total. The molecule has 1 aliphatic heterocycles. The highest BCUT2D eigenvalue weighted by molar-refractivity contribution is 5.87. The van der Waals surface area contributed by atoms with Gasteiger partial charge in [-0.05, 0) is 74.7 Å². The Hall–Kier alpha value is -1.13. The molecule has 0 aromatic heterocycles. The standard InChI is InChI=1S/C24H36N2O2/c1-15-12-18-19-4-5-22(27)24(19,3)10-7-20(18)23(2)9-6-16(13-21(15)23)26-28-17-8-11-25-14-17/h13,17-21,25-26H,1,4-12,14H2,2-3H3/t17?,18-,19-,20-,21?,23+,24-/m0/s1. The number of hydrogen-bond donors (Lipinski definition) is 2. The molecule has 0 spiro atoms. The van der Waals surface area contributed by atoms with E-state index >= 15 is 0 Å². The second kappa shape index (κ2) is 6.70. The molecule has 0 aromatic carbocycles. The van der Waals surface area contributed by atoms with Gasteiger partial charge in [0.15, 0.2) is 0 Å². The monoisotopic (exact) mass is 384 g/mol. The van der Waals surface area contributed by atoms with Crippen molar-refractivity contribution in [1.82, 2.24) is 10.8 Å². The van der Waals surface area contributed by atoms with Crippen molar-refractivity contribution in [2.24, 2.45) is 34.5 Å². The Bertz CT molecular complexity index is 709. The van der Waals surface area contributed by atoms with Crippen LogP contribution in [0.1, 0.15) is 65.2 Å². The number of allylic oxidation sites excluding steroid dienone is 3. The number of hydroxylamine groups is 1. The van der Waals surface area contributed by atoms with Crippen LogP contribution >= 0.6 is 0 Å². The molecule has 3 saturated carbocycles. The lowest BCUT2D eigenvalue weighted by Crippen LogP contribution is -2.53. The highest BCUT2D eigenvalue weighted by Gasteiger charge is 2.60. The van der Waals surface area contributed by atoms with Crippen LogP contribution in [0.25, 0.3) is 0 Å². The van der Waals surface area contributed by atoms with E-state index < -0.39 is 0 Å². The Balaban J connectivity index is 1.35. The summed E-state index contributed by atoms with van der Waals surface area (Å²) in [6.45, 7) is 11.3. The molecule has 7 atom stereocenters. The molecule has 154 valence electrons. The SMILES string of the molecule is C=C1C[C@@H]2[C@H](CC[C@]3(C)C(=O)CC[C@@H]23)[C@@]2(C)CCC(NOC3CCNC3)=CC12. The topological polar surface area (TPSA) is 50.4 Å². The molecule has 2 N–H and O–H groups in total. The Labute approximate surface area is 169 Å². The van der Waals surface area contributed by atoms with Gasteiger partial charge in [-0.25, -0.2) is 0 Å². The fourth-order valence-corrected chi connectivity index (χ4v) is 7.60. The number of carbonyl (C=O) groups excluding carboxylic acids is 1. The molecule has 1 heterocycles. The molecular formula is C24H36N2O2. The predicted octanol–water partition coefficient (Wildman–Crippen LogP) is 4.14. The zero-order valence-corrected chi connectivity index (χ0v) is 17.6. The molecule has 1 saturated heterocycles. The smallest absolute Gasteiger partial charge is 0.139 e. The van der Waals surface area contributed by atoms with Gasteiger partial charge < -0.3 is 5.32 Å². The van der Waals surface area contributed by atoms with E-state index in [9.17, 15) is 4.79 Å². The Morgan fingerprint density at radius 3 is 2.82 bits per heavy atom. The molecule has 5 aliphatic rings. The van der Waals surface area contributed by atoms with Crippen LogP contribution in [-0.2, 0) is 9.63 Å². The summed E-state index contributed by atoms with van der Waals surface area (Å²) in [6, 6.07) is 0. The largest absolute Gasteiger partial charge is 0.314 e. The fraction of sp³-hybridized carbons (Fsp3) is 0.792. The van der Waals surface area contributed by atoms with E-state index in [1.807, 2.05) is 0 Å². The van der Waals surface area contributed by atoms with E-state index in [-0.39, 0.29) is 16.9 Å². The van der Waals surface area contributed by atoms with Gasteiger partial charge in [-0.1, -0.05) is 32.1 Å². The number of rotatable bonds is 3. The molecule has 0 radical (unpaired) electrons. The second-order valence-corrected chi connectivity index (χ2v) is 10.7. The Kier molecular flexibility index (Phi) is 4.52. The summed E-state index contributed by atoms with van der Waals surface area (Å²) < 4.78 is 0. The highest BCUT2D eigenvalue weighted by atomic mass is 16.7. The predicted molar refractivity (Wildman–Crippen MR) is 110 cm³/mol. The first-order chi connectivity index (χ1) is 13.4. The van der Waals surface area contributed by atoms with Gasteiger partial charge in [0.2, 0.25) is 0 Å². The van der Waals surface area contributed by atoms with Crippen LogP contribution in [-0.4, -0.2) is 25.0 Å². The van der Waals surface area contributed by atoms with Crippen LogP contribution < -0.4 is 10.8 Å². The molecule has 0 amide bonds. The van der Waals surface area contributed by atoms with Crippen LogP contribution in [0.2, 0.25) is 0 Å². The van der Waals surface area contributed by atoms with Crippen LogP contribution in [0.4, 0.5) is 0 Å². The molecular weight excluding hydrogens is 348 g/mol. The quantitative estimate of drug-likeness (QED) is 0.567. The number of carbonyl (C=O) groups is 1. The molecule has 5 rings (SSSR count). The van der Waals surface area contributed by atoms with Crippen molar-refractivity contribution in [2.45, 2.75) is 71.3 Å². The van der Waals surface area contributed by atoms with E-state index in [4.69, 9.17) is 4.84 Å². The van der Waals surface area contributed by atoms with Crippen molar-refractivity contribution in [3.8, 4) is 0 Å². The number of fused-ring (bicyclic) bond motifs is 5. The molecule has 28 heavy (non-hydrogen) atoms. The summed E-state index contributed by atoms with van der Waals surface area (Å²) in [6.07, 6.45) is 11.4. The van der Waals surface area contributed by atoms with Crippen LogP contribution in [0.15, 0.2) is 23.9 Å². The van der Waals surface area contributed by atoms with Crippen molar-refractivity contribution in [3.05, 3.63) is 23.9 Å². The average molecular weight is 385 g/mol. The minimum absolute atomic E-state index is 0.0506. The van der Waals surface area contributed by atoms with Gasteiger partial charge in [-0.15, -0.1) is 0 Å². The first kappa shape index (κ1) is 18.9. The third-order valence-electron chi connectivity index (χ3n) is 9.31. The van der Waals surface area contributed by atoms with E-state index in [0.29, 0.717) is 23.5 Å². The Morgan fingerprint density at radius 1 is 1.18 bits per heavy atom. The first-order valence-electron chi connectivity index (χ1n) is 11.5. The normalized spacial score (nSPS) is 47.9. The van der Waals surface area contributed by atoms with Crippen molar-refractivity contribution in [2.75, 3.05) is 13.1 Å². The molecule has 4 aliphatic carbocycles. The van der Waals surface area contributed by atoms with Crippen molar-refractivity contribution in [3.63, 3.8) is 0 Å². The molecule has 4 heteroatoms. The van der Waals surface area contributed by atoms with Crippen LogP contribution in [0.3, 0.4) is 0 Å². The second-order valence-electron chi connectivity index (χ2n) is 10.7. The van der Waals surface area contributed by atoms with Gasteiger partial charge in [-0.2, -0.15) is 0 Å². The summed E-state index contributed by atoms with van der Waals surface area (Å²) in [7, 11) is 0. The fourth-order valence-electron chi connectivity index (χ4n) is 7.60. The minimum Gasteiger partial charge on any atom is -0.314 e. The molecule has 0 bridgehead atoms. The van der Waals surface area contributed by atoms with E-state index in [2.05, 4.69) is 37.3 Å². The minimum atomic E-state index is -0.0506. The van der Waals surface area contributed by atoms with E-state index in [1.165, 1.54) is 24.1 Å². The zero-order chi connectivity index (χ0) is 19.5. The van der Waals surface area contributed by atoms with Gasteiger partial charge in [0, 0.05) is 30.0 Å². The molecule has 2 unspecified atom stereocenters. The maximum Gasteiger partial charge on any atom is 0.139 e. The lowest BCUT2D eigenvalue weighted by molar-refractivity contribution is -0.133. The lowest BCUT2D eigenvalue weighted by atomic mass is 9.45. The van der Waals surface area contributed by atoms with Gasteiger partial charge in [0.05, 0.1) is 6.10 Å². The van der Waals surface area contributed by atoms with Crippen LogP contribution in [0.5, 0.6) is 0 Å². The third kappa shape index (κ3) is 2.74. The summed E-state index contributed by atoms with van der Waals surface area (Å²) in [4.78, 5) is 18.5. The summed E-state index contributed by atoms with van der Waals surface area (Å²) >= 11 is 0. The Morgan fingerprint density at radius 2 is 2.04 bits per heavy atom. The van der Waals surface area contributed by atoms with Crippen LogP contribution in [0, 0.1) is 34.5 Å². The summed E-state index contributed by atoms with van der Waals surface area (Å²) in [5.41, 5.74) is 6.15. The number of ketones is 1. The van der Waals surface area contributed by atoms with Crippen molar-refractivity contribution < 1.29 is 9.63 Å². The van der Waals surface area contributed by atoms with E-state index in [0.717, 1.165) is 57.5 Å². The number of nitrogens with one attached hydrogen (secondary N) is 2. The van der Waals surface area contributed by atoms with Gasteiger partial charge >= 0.3 is 0 Å². The van der Waals surface area contributed by atoms with Crippen molar-refractivity contribution >= 4 is 5.78 Å². The third-order valence-corrected chi connectivity index (χ3v) is 9.31. The van der Waals surface area contributed by atoms with Gasteiger partial charge in [-0.3, -0.25) is 15.1 Å².